The van der Waals surface area contributed by atoms with Crippen molar-refractivity contribution < 1.29 is 23.8 Å². The minimum Gasteiger partial charge on any atom is -0.485 e. The van der Waals surface area contributed by atoms with Crippen molar-refractivity contribution in [1.29, 1.82) is 0 Å². The smallest absolute Gasteiger partial charge is 0.351 e. The van der Waals surface area contributed by atoms with Crippen LogP contribution in [0.15, 0.2) is 36.4 Å². The predicted octanol–water partition coefficient (Wildman–Crippen LogP) is 3.28. The van der Waals surface area contributed by atoms with E-state index in [0.717, 1.165) is 11.1 Å². The molecule has 0 fully saturated rings. The van der Waals surface area contributed by atoms with Gasteiger partial charge in [0.15, 0.2) is 18.1 Å². The van der Waals surface area contributed by atoms with E-state index >= 15 is 0 Å². The maximum Gasteiger partial charge on any atom is 0.351 e. The van der Waals surface area contributed by atoms with Gasteiger partial charge in [0.1, 0.15) is 6.61 Å². The summed E-state index contributed by atoms with van der Waals surface area (Å²) in [7, 11) is 0. The molecule has 1 N–H and O–H groups in total. The Morgan fingerprint density at radius 2 is 1.96 bits per heavy atom. The molecule has 3 rings (SSSR count). The zero-order chi connectivity index (χ0) is 18.7. The Morgan fingerprint density at radius 1 is 1.23 bits per heavy atom. The van der Waals surface area contributed by atoms with Crippen molar-refractivity contribution >= 4 is 29.2 Å². The summed E-state index contributed by atoms with van der Waals surface area (Å²) in [4.78, 5) is 24.2. The molecule has 0 aliphatic carbocycles. The highest BCUT2D eigenvalue weighted by atomic mass is 35.5. The van der Waals surface area contributed by atoms with Crippen LogP contribution in [0, 0.1) is 13.8 Å². The molecular formula is C19H18ClNO5. The fourth-order valence-electron chi connectivity index (χ4n) is 2.61. The Bertz CT molecular complexity index is 829. The van der Waals surface area contributed by atoms with E-state index in [0.29, 0.717) is 22.2 Å². The molecule has 1 atom stereocenters. The number of benzene rings is 2. The molecule has 0 bridgehead atoms. The fourth-order valence-corrected chi connectivity index (χ4v) is 2.98. The molecule has 0 radical (unpaired) electrons. The Labute approximate surface area is 156 Å². The SMILES string of the molecule is Cc1cc(C)c(NC(=O)COC(=O)[C@H]2COc3ccccc3O2)c(Cl)c1. The summed E-state index contributed by atoms with van der Waals surface area (Å²) in [6.45, 7) is 3.34. The number of hydrogen-bond donors (Lipinski definition) is 1. The van der Waals surface area contributed by atoms with E-state index in [1.807, 2.05) is 26.0 Å². The maximum absolute atomic E-state index is 12.1. The summed E-state index contributed by atoms with van der Waals surface area (Å²) in [5, 5.41) is 3.09. The van der Waals surface area contributed by atoms with Crippen LogP contribution < -0.4 is 14.8 Å². The lowest BCUT2D eigenvalue weighted by atomic mass is 10.1. The molecule has 2 aromatic carbocycles. The van der Waals surface area contributed by atoms with Gasteiger partial charge < -0.3 is 19.5 Å². The Balaban J connectivity index is 1.54. The van der Waals surface area contributed by atoms with E-state index in [4.69, 9.17) is 25.8 Å². The Morgan fingerprint density at radius 3 is 2.69 bits per heavy atom. The molecule has 0 aromatic heterocycles. The molecule has 136 valence electrons. The van der Waals surface area contributed by atoms with Crippen LogP contribution in [0.2, 0.25) is 5.02 Å². The highest BCUT2D eigenvalue weighted by Gasteiger charge is 2.29. The number of aryl methyl sites for hydroxylation is 2. The van der Waals surface area contributed by atoms with Crippen LogP contribution >= 0.6 is 11.6 Å². The first-order chi connectivity index (χ1) is 12.4. The van der Waals surface area contributed by atoms with Crippen LogP contribution in [0.25, 0.3) is 0 Å². The topological polar surface area (TPSA) is 73.9 Å². The average molecular weight is 376 g/mol. The molecule has 0 saturated carbocycles. The summed E-state index contributed by atoms with van der Waals surface area (Å²) in [6.07, 6.45) is -0.914. The molecule has 1 aliphatic rings. The van der Waals surface area contributed by atoms with E-state index in [-0.39, 0.29) is 6.61 Å². The van der Waals surface area contributed by atoms with Gasteiger partial charge in [-0.3, -0.25) is 4.79 Å². The predicted molar refractivity (Wildman–Crippen MR) is 96.9 cm³/mol. The number of carbonyl (C=O) groups is 2. The lowest BCUT2D eigenvalue weighted by molar-refractivity contribution is -0.156. The maximum atomic E-state index is 12.1. The van der Waals surface area contributed by atoms with Gasteiger partial charge in [-0.25, -0.2) is 4.79 Å². The van der Waals surface area contributed by atoms with Gasteiger partial charge in [0.2, 0.25) is 6.10 Å². The summed E-state index contributed by atoms with van der Waals surface area (Å²) < 4.78 is 16.0. The van der Waals surface area contributed by atoms with Crippen molar-refractivity contribution in [1.82, 2.24) is 0 Å². The largest absolute Gasteiger partial charge is 0.485 e. The number of rotatable bonds is 4. The second-order valence-electron chi connectivity index (χ2n) is 5.96. The number of para-hydroxylation sites is 2. The van der Waals surface area contributed by atoms with E-state index in [1.165, 1.54) is 0 Å². The van der Waals surface area contributed by atoms with Crippen molar-refractivity contribution in [3.8, 4) is 11.5 Å². The average Bonchev–Trinajstić information content (AvgIpc) is 2.62. The first kappa shape index (κ1) is 18.1. The van der Waals surface area contributed by atoms with Crippen molar-refractivity contribution in [3.63, 3.8) is 0 Å². The number of carbonyl (C=O) groups excluding carboxylic acids is 2. The van der Waals surface area contributed by atoms with Gasteiger partial charge in [-0.05, 0) is 43.2 Å². The van der Waals surface area contributed by atoms with E-state index in [2.05, 4.69) is 5.32 Å². The van der Waals surface area contributed by atoms with Crippen molar-refractivity contribution in [2.24, 2.45) is 0 Å². The fraction of sp³-hybridized carbons (Fsp3) is 0.263. The van der Waals surface area contributed by atoms with Crippen LogP contribution in [0.1, 0.15) is 11.1 Å². The standard InChI is InChI=1S/C19H18ClNO5/c1-11-7-12(2)18(13(20)8-11)21-17(22)10-25-19(23)16-9-24-14-5-3-4-6-15(14)26-16/h3-8,16H,9-10H2,1-2H3,(H,21,22)/t16-/m1/s1. The Hall–Kier alpha value is -2.73. The van der Waals surface area contributed by atoms with Gasteiger partial charge in [0.25, 0.3) is 5.91 Å². The molecule has 0 spiro atoms. The number of halogens is 1. The molecule has 7 heteroatoms. The van der Waals surface area contributed by atoms with Crippen molar-refractivity contribution in [2.75, 3.05) is 18.5 Å². The summed E-state index contributed by atoms with van der Waals surface area (Å²) in [6, 6.07) is 10.7. The number of hydrogen-bond acceptors (Lipinski definition) is 5. The minimum atomic E-state index is -0.914. The molecule has 1 aliphatic heterocycles. The lowest BCUT2D eigenvalue weighted by Crippen LogP contribution is -2.39. The molecule has 1 amide bonds. The van der Waals surface area contributed by atoms with Gasteiger partial charge in [-0.15, -0.1) is 0 Å². The summed E-state index contributed by atoms with van der Waals surface area (Å²) in [5.74, 6) is -0.114. The highest BCUT2D eigenvalue weighted by molar-refractivity contribution is 6.34. The number of amides is 1. The minimum absolute atomic E-state index is 0.0281. The van der Waals surface area contributed by atoms with E-state index < -0.39 is 24.6 Å². The normalized spacial score (nSPS) is 15.3. The third-order valence-corrected chi connectivity index (χ3v) is 4.11. The number of nitrogens with one attached hydrogen (secondary N) is 1. The molecule has 0 saturated heterocycles. The quantitative estimate of drug-likeness (QED) is 0.830. The molecule has 0 unspecified atom stereocenters. The third-order valence-electron chi connectivity index (χ3n) is 3.81. The molecule has 26 heavy (non-hydrogen) atoms. The van der Waals surface area contributed by atoms with E-state index in [9.17, 15) is 9.59 Å². The van der Waals surface area contributed by atoms with Crippen molar-refractivity contribution in [3.05, 3.63) is 52.5 Å². The van der Waals surface area contributed by atoms with Crippen LogP contribution in [0.5, 0.6) is 11.5 Å². The molecule has 6 nitrogen and oxygen atoms in total. The van der Waals surface area contributed by atoms with E-state index in [1.54, 1.807) is 24.3 Å². The van der Waals surface area contributed by atoms with Gasteiger partial charge in [0.05, 0.1) is 10.7 Å². The van der Waals surface area contributed by atoms with Crippen LogP contribution in [0.4, 0.5) is 5.69 Å². The summed E-state index contributed by atoms with van der Waals surface area (Å²) in [5.41, 5.74) is 2.33. The number of ether oxygens (including phenoxy) is 3. The summed E-state index contributed by atoms with van der Waals surface area (Å²) >= 11 is 6.15. The van der Waals surface area contributed by atoms with Crippen LogP contribution in [0.3, 0.4) is 0 Å². The van der Waals surface area contributed by atoms with Crippen LogP contribution in [-0.2, 0) is 14.3 Å². The number of anilines is 1. The first-order valence-electron chi connectivity index (χ1n) is 8.06. The number of fused-ring (bicyclic) bond motifs is 1. The van der Waals surface area contributed by atoms with Gasteiger partial charge in [-0.2, -0.15) is 0 Å². The lowest BCUT2D eigenvalue weighted by Gasteiger charge is -2.24. The zero-order valence-electron chi connectivity index (χ0n) is 14.4. The molecule has 1 heterocycles. The number of esters is 1. The second kappa shape index (κ2) is 7.66. The molecule has 2 aromatic rings. The van der Waals surface area contributed by atoms with Gasteiger partial charge in [0, 0.05) is 0 Å². The first-order valence-corrected chi connectivity index (χ1v) is 8.43. The molecular weight excluding hydrogens is 358 g/mol. The monoisotopic (exact) mass is 375 g/mol. The van der Waals surface area contributed by atoms with Gasteiger partial charge >= 0.3 is 5.97 Å². The second-order valence-corrected chi connectivity index (χ2v) is 6.37. The van der Waals surface area contributed by atoms with Gasteiger partial charge in [-0.1, -0.05) is 29.8 Å². The zero-order valence-corrected chi connectivity index (χ0v) is 15.1. The van der Waals surface area contributed by atoms with Crippen LogP contribution in [-0.4, -0.2) is 31.2 Å². The third kappa shape index (κ3) is 4.08. The highest BCUT2D eigenvalue weighted by Crippen LogP contribution is 2.31. The van der Waals surface area contributed by atoms with Crippen molar-refractivity contribution in [2.45, 2.75) is 20.0 Å². The Kier molecular flexibility index (Phi) is 5.32.